The van der Waals surface area contributed by atoms with Crippen LogP contribution in [0.25, 0.3) is 26.1 Å². The number of alkyl halides is 3. The highest BCUT2D eigenvalue weighted by molar-refractivity contribution is 7.25. The number of thiophene rings is 1. The summed E-state index contributed by atoms with van der Waals surface area (Å²) in [7, 11) is 3.80. The van der Waals surface area contributed by atoms with Crippen LogP contribution in [-0.2, 0) is 4.74 Å². The van der Waals surface area contributed by atoms with E-state index in [9.17, 15) is 18.0 Å². The fourth-order valence-electron chi connectivity index (χ4n) is 3.34. The first kappa shape index (κ1) is 19.6. The van der Waals surface area contributed by atoms with Gasteiger partial charge in [0, 0.05) is 31.9 Å². The first-order valence-corrected chi connectivity index (χ1v) is 9.58. The van der Waals surface area contributed by atoms with Crippen LogP contribution in [0.3, 0.4) is 0 Å². The Morgan fingerprint density at radius 3 is 2.69 bits per heavy atom. The van der Waals surface area contributed by atoms with Gasteiger partial charge >= 0.3 is 6.36 Å². The molecule has 3 heterocycles. The molecule has 3 aromatic heterocycles. The highest BCUT2D eigenvalue weighted by Gasteiger charge is 2.35. The Kier molecular flexibility index (Phi) is 4.70. The first-order chi connectivity index (χ1) is 13.7. The van der Waals surface area contributed by atoms with Crippen LogP contribution < -0.4 is 10.5 Å². The van der Waals surface area contributed by atoms with Crippen LogP contribution in [0.1, 0.15) is 6.92 Å². The molecule has 6 nitrogen and oxygen atoms in total. The molecule has 4 rings (SSSR count). The molecule has 0 fully saturated rings. The lowest BCUT2D eigenvalue weighted by atomic mass is 9.98. The van der Waals surface area contributed by atoms with E-state index in [1.807, 2.05) is 25.1 Å². The van der Waals surface area contributed by atoms with Gasteiger partial charge in [-0.15, -0.1) is 24.5 Å². The Balaban J connectivity index is 1.79. The molecule has 0 aliphatic heterocycles. The molecule has 0 amide bonds. The second-order valence-corrected chi connectivity index (χ2v) is 7.94. The van der Waals surface area contributed by atoms with E-state index in [4.69, 9.17) is 0 Å². The predicted octanol–water partition coefficient (Wildman–Crippen LogP) is 4.02. The van der Waals surface area contributed by atoms with Crippen LogP contribution in [0.5, 0.6) is 0 Å². The number of ether oxygens (including phenoxy) is 1. The van der Waals surface area contributed by atoms with Crippen molar-refractivity contribution in [3.8, 4) is 0 Å². The van der Waals surface area contributed by atoms with Crippen LogP contribution >= 0.6 is 11.3 Å². The van der Waals surface area contributed by atoms with Gasteiger partial charge in [0.15, 0.2) is 0 Å². The van der Waals surface area contributed by atoms with E-state index >= 15 is 0 Å². The van der Waals surface area contributed by atoms with Gasteiger partial charge in [0.1, 0.15) is 15.9 Å². The standard InChI is InChI=1S/C19H17F3N4O2S/c1-10-8-11(4-5-13(10)28-19(20,21)22)26-9-24-15-14-12(25(2)3)6-7-23-17(14)29-16(15)18(26)27/h4-10,13H,1-3H3. The fourth-order valence-corrected chi connectivity index (χ4v) is 4.39. The second kappa shape index (κ2) is 6.96. The fraction of sp³-hybridized carbons (Fsp3) is 0.316. The summed E-state index contributed by atoms with van der Waals surface area (Å²) >= 11 is 1.25. The molecule has 2 unspecified atom stereocenters. The average molecular weight is 422 g/mol. The predicted molar refractivity (Wildman–Crippen MR) is 107 cm³/mol. The van der Waals surface area contributed by atoms with Crippen LogP contribution in [0.15, 0.2) is 41.6 Å². The molecule has 0 radical (unpaired) electrons. The maximum atomic E-state index is 13.1. The molecule has 0 saturated heterocycles. The van der Waals surface area contributed by atoms with Crippen LogP contribution in [-0.4, -0.2) is 41.1 Å². The van der Waals surface area contributed by atoms with E-state index in [1.54, 1.807) is 19.2 Å². The Hall–Kier alpha value is -2.72. The van der Waals surface area contributed by atoms with E-state index in [-0.39, 0.29) is 5.56 Å². The molecule has 0 bridgehead atoms. The number of rotatable bonds is 3. The second-order valence-electron chi connectivity index (χ2n) is 6.94. The van der Waals surface area contributed by atoms with Gasteiger partial charge in [-0.3, -0.25) is 14.1 Å². The lowest BCUT2D eigenvalue weighted by Crippen LogP contribution is -2.29. The Morgan fingerprint density at radius 2 is 2.03 bits per heavy atom. The normalized spacial score (nSPS) is 19.7. The molecular formula is C19H17F3N4O2S. The quantitative estimate of drug-likeness (QED) is 0.638. The summed E-state index contributed by atoms with van der Waals surface area (Å²) in [6, 6.07) is 1.86. The lowest BCUT2D eigenvalue weighted by Gasteiger charge is -2.24. The van der Waals surface area contributed by atoms with Gasteiger partial charge in [0.25, 0.3) is 5.56 Å². The molecule has 29 heavy (non-hydrogen) atoms. The Morgan fingerprint density at radius 1 is 1.28 bits per heavy atom. The molecule has 1 aliphatic carbocycles. The number of hydrogen-bond donors (Lipinski definition) is 0. The van der Waals surface area contributed by atoms with E-state index in [2.05, 4.69) is 14.7 Å². The number of allylic oxidation sites excluding steroid dienone is 2. The summed E-state index contributed by atoms with van der Waals surface area (Å²) in [5, 5.41) is 0.807. The smallest absolute Gasteiger partial charge is 0.377 e. The van der Waals surface area contributed by atoms with Gasteiger partial charge in [-0.1, -0.05) is 19.1 Å². The molecule has 0 saturated carbocycles. The minimum atomic E-state index is -4.72. The number of anilines is 1. The SMILES string of the molecule is CC1C=C(n2cnc3c(sc4nccc(N(C)C)c43)c2=O)C=CC1OC(F)(F)F. The number of fused-ring (bicyclic) bond motifs is 3. The third-order valence-corrected chi connectivity index (χ3v) is 5.77. The zero-order valence-corrected chi connectivity index (χ0v) is 16.6. The van der Waals surface area contributed by atoms with Gasteiger partial charge in [0.05, 0.1) is 22.7 Å². The monoisotopic (exact) mass is 422 g/mol. The van der Waals surface area contributed by atoms with Crippen molar-refractivity contribution in [3.05, 3.63) is 47.2 Å². The third kappa shape index (κ3) is 3.53. The van der Waals surface area contributed by atoms with Crippen LogP contribution in [0.4, 0.5) is 18.9 Å². The lowest BCUT2D eigenvalue weighted by molar-refractivity contribution is -0.339. The van der Waals surface area contributed by atoms with Crippen molar-refractivity contribution in [2.45, 2.75) is 19.4 Å². The number of nitrogens with zero attached hydrogens (tertiary/aromatic N) is 4. The molecule has 10 heteroatoms. The molecule has 2 atom stereocenters. The topological polar surface area (TPSA) is 60.2 Å². The number of pyridine rings is 1. The largest absolute Gasteiger partial charge is 0.523 e. The summed E-state index contributed by atoms with van der Waals surface area (Å²) in [5.74, 6) is -0.566. The summed E-state index contributed by atoms with van der Waals surface area (Å²) in [4.78, 5) is 24.6. The van der Waals surface area contributed by atoms with Crippen LogP contribution in [0.2, 0.25) is 0 Å². The molecule has 0 spiro atoms. The van der Waals surface area contributed by atoms with Crippen molar-refractivity contribution in [2.75, 3.05) is 19.0 Å². The van der Waals surface area contributed by atoms with E-state index < -0.39 is 18.4 Å². The molecule has 0 aromatic carbocycles. The van der Waals surface area contributed by atoms with Gasteiger partial charge in [-0.2, -0.15) is 0 Å². The highest BCUT2D eigenvalue weighted by Crippen LogP contribution is 2.35. The van der Waals surface area contributed by atoms with E-state index in [0.717, 1.165) is 11.1 Å². The van der Waals surface area contributed by atoms with Gasteiger partial charge in [0.2, 0.25) is 0 Å². The van der Waals surface area contributed by atoms with Gasteiger partial charge in [-0.25, -0.2) is 9.97 Å². The summed E-state index contributed by atoms with van der Waals surface area (Å²) < 4.78 is 43.4. The van der Waals surface area contributed by atoms with Crippen molar-refractivity contribution < 1.29 is 17.9 Å². The zero-order valence-electron chi connectivity index (χ0n) is 15.8. The molecule has 3 aromatic rings. The average Bonchev–Trinajstić information content (AvgIpc) is 3.02. The number of halogens is 3. The van der Waals surface area contributed by atoms with E-state index in [0.29, 0.717) is 20.7 Å². The van der Waals surface area contributed by atoms with E-state index in [1.165, 1.54) is 34.4 Å². The minimum absolute atomic E-state index is 0.291. The molecule has 1 aliphatic rings. The Bertz CT molecular complexity index is 1210. The third-order valence-electron chi connectivity index (χ3n) is 4.70. The van der Waals surface area contributed by atoms with Crippen LogP contribution in [0, 0.1) is 5.92 Å². The zero-order chi connectivity index (χ0) is 20.9. The maximum Gasteiger partial charge on any atom is 0.523 e. The van der Waals surface area contributed by atoms with Crippen molar-refractivity contribution in [2.24, 2.45) is 5.92 Å². The van der Waals surface area contributed by atoms with Crippen molar-refractivity contribution in [1.82, 2.24) is 14.5 Å². The van der Waals surface area contributed by atoms with Gasteiger partial charge < -0.3 is 4.90 Å². The molecular weight excluding hydrogens is 405 g/mol. The first-order valence-electron chi connectivity index (χ1n) is 8.77. The summed E-state index contributed by atoms with van der Waals surface area (Å²) in [6.07, 6.45) is 1.55. The summed E-state index contributed by atoms with van der Waals surface area (Å²) in [6.45, 7) is 1.60. The summed E-state index contributed by atoms with van der Waals surface area (Å²) in [5.41, 5.74) is 1.64. The van der Waals surface area contributed by atoms with Crippen molar-refractivity contribution >= 4 is 43.2 Å². The maximum absolute atomic E-state index is 13.1. The number of aromatic nitrogens is 3. The number of hydrogen-bond acceptors (Lipinski definition) is 6. The molecule has 152 valence electrons. The Labute approximate surface area is 167 Å². The highest BCUT2D eigenvalue weighted by atomic mass is 32.1. The van der Waals surface area contributed by atoms with Gasteiger partial charge in [-0.05, 0) is 12.1 Å². The molecule has 0 N–H and O–H groups in total. The van der Waals surface area contributed by atoms with Crippen molar-refractivity contribution in [3.63, 3.8) is 0 Å². The van der Waals surface area contributed by atoms with Crippen molar-refractivity contribution in [1.29, 1.82) is 0 Å². The minimum Gasteiger partial charge on any atom is -0.377 e.